The predicted octanol–water partition coefficient (Wildman–Crippen LogP) is 2.80. The normalized spacial score (nSPS) is 26.2. The first kappa shape index (κ1) is 14.2. The fourth-order valence-electron chi connectivity index (χ4n) is 3.75. The van der Waals surface area contributed by atoms with Crippen molar-refractivity contribution in [2.75, 3.05) is 45.9 Å². The zero-order valence-corrected chi connectivity index (χ0v) is 12.7. The fraction of sp³-hybridized carbons (Fsp3) is 0.765. The second kappa shape index (κ2) is 6.77. The number of piperidine rings is 1. The molecule has 0 spiro atoms. The summed E-state index contributed by atoms with van der Waals surface area (Å²) in [5.74, 6) is 0. The SMILES string of the molecule is C=C1CCCC(CN2CCOCC2)=C1N1CCCCC1. The maximum absolute atomic E-state index is 5.47. The summed E-state index contributed by atoms with van der Waals surface area (Å²) in [5.41, 5.74) is 4.56. The largest absolute Gasteiger partial charge is 0.379 e. The lowest BCUT2D eigenvalue weighted by molar-refractivity contribution is 0.0414. The molecule has 1 aliphatic carbocycles. The standard InChI is InChI=1S/C17H28N2O/c1-15-6-5-7-16(14-18-10-12-20-13-11-18)17(15)19-8-3-2-4-9-19/h1-14H2. The summed E-state index contributed by atoms with van der Waals surface area (Å²) in [6.45, 7) is 11.9. The van der Waals surface area contributed by atoms with Crippen LogP contribution in [0.1, 0.15) is 38.5 Å². The minimum absolute atomic E-state index is 0.896. The Labute approximate surface area is 123 Å². The summed E-state index contributed by atoms with van der Waals surface area (Å²) >= 11 is 0. The molecular weight excluding hydrogens is 248 g/mol. The zero-order valence-electron chi connectivity index (χ0n) is 12.7. The number of allylic oxidation sites excluding steroid dienone is 1. The van der Waals surface area contributed by atoms with E-state index in [-0.39, 0.29) is 0 Å². The van der Waals surface area contributed by atoms with Crippen molar-refractivity contribution >= 4 is 0 Å². The topological polar surface area (TPSA) is 15.7 Å². The van der Waals surface area contributed by atoms with E-state index in [1.807, 2.05) is 0 Å². The summed E-state index contributed by atoms with van der Waals surface area (Å²) in [4.78, 5) is 5.18. The highest BCUT2D eigenvalue weighted by Crippen LogP contribution is 2.33. The van der Waals surface area contributed by atoms with Crippen LogP contribution in [-0.4, -0.2) is 55.7 Å². The van der Waals surface area contributed by atoms with Crippen LogP contribution in [0.5, 0.6) is 0 Å². The van der Waals surface area contributed by atoms with Gasteiger partial charge in [0, 0.05) is 38.4 Å². The van der Waals surface area contributed by atoms with Gasteiger partial charge in [-0.15, -0.1) is 0 Å². The first-order chi connectivity index (χ1) is 9.84. The van der Waals surface area contributed by atoms with Crippen molar-refractivity contribution in [3.8, 4) is 0 Å². The van der Waals surface area contributed by atoms with Crippen LogP contribution in [0.3, 0.4) is 0 Å². The van der Waals surface area contributed by atoms with Gasteiger partial charge < -0.3 is 9.64 Å². The molecule has 0 unspecified atom stereocenters. The molecule has 0 aromatic rings. The third kappa shape index (κ3) is 3.26. The molecule has 3 aliphatic rings. The summed E-state index contributed by atoms with van der Waals surface area (Å²) in [6.07, 6.45) is 7.84. The van der Waals surface area contributed by atoms with Gasteiger partial charge in [-0.2, -0.15) is 0 Å². The van der Waals surface area contributed by atoms with Gasteiger partial charge in [-0.3, -0.25) is 4.90 Å². The Kier molecular flexibility index (Phi) is 4.79. The van der Waals surface area contributed by atoms with Gasteiger partial charge >= 0.3 is 0 Å². The predicted molar refractivity (Wildman–Crippen MR) is 82.7 cm³/mol. The first-order valence-electron chi connectivity index (χ1n) is 8.30. The average Bonchev–Trinajstić information content (AvgIpc) is 2.49. The molecule has 112 valence electrons. The molecule has 2 heterocycles. The second-order valence-corrected chi connectivity index (χ2v) is 6.35. The monoisotopic (exact) mass is 276 g/mol. The molecule has 0 aromatic carbocycles. The number of ether oxygens (including phenoxy) is 1. The summed E-state index contributed by atoms with van der Waals surface area (Å²) in [6, 6.07) is 0. The number of hydrogen-bond donors (Lipinski definition) is 0. The molecule has 0 saturated carbocycles. The Hall–Kier alpha value is -0.800. The molecule has 3 rings (SSSR count). The Balaban J connectivity index is 1.75. The van der Waals surface area contributed by atoms with Gasteiger partial charge in [0.1, 0.15) is 0 Å². The zero-order chi connectivity index (χ0) is 13.8. The number of morpholine rings is 1. The van der Waals surface area contributed by atoms with Gasteiger partial charge in [0.2, 0.25) is 0 Å². The lowest BCUT2D eigenvalue weighted by atomic mass is 9.90. The van der Waals surface area contributed by atoms with Crippen LogP contribution in [-0.2, 0) is 4.74 Å². The van der Waals surface area contributed by atoms with Gasteiger partial charge in [-0.25, -0.2) is 0 Å². The van der Waals surface area contributed by atoms with Crippen LogP contribution in [0.15, 0.2) is 23.4 Å². The Morgan fingerprint density at radius 3 is 2.40 bits per heavy atom. The molecule has 2 fully saturated rings. The first-order valence-corrected chi connectivity index (χ1v) is 8.30. The Morgan fingerprint density at radius 1 is 0.900 bits per heavy atom. The maximum atomic E-state index is 5.47. The Morgan fingerprint density at radius 2 is 1.65 bits per heavy atom. The molecule has 0 bridgehead atoms. The molecule has 0 N–H and O–H groups in total. The van der Waals surface area contributed by atoms with Gasteiger partial charge in [-0.1, -0.05) is 6.58 Å². The van der Waals surface area contributed by atoms with Gasteiger partial charge in [-0.05, 0) is 49.7 Å². The van der Waals surface area contributed by atoms with Crippen LogP contribution in [0.2, 0.25) is 0 Å². The number of hydrogen-bond acceptors (Lipinski definition) is 3. The van der Waals surface area contributed by atoms with E-state index in [4.69, 9.17) is 4.74 Å². The Bertz CT molecular complexity index is 376. The van der Waals surface area contributed by atoms with Crippen molar-refractivity contribution in [2.45, 2.75) is 38.5 Å². The smallest absolute Gasteiger partial charge is 0.0594 e. The van der Waals surface area contributed by atoms with E-state index in [1.54, 1.807) is 5.57 Å². The van der Waals surface area contributed by atoms with Gasteiger partial charge in [0.15, 0.2) is 0 Å². The molecule has 2 saturated heterocycles. The molecule has 0 atom stereocenters. The molecule has 0 aromatic heterocycles. The molecular formula is C17H28N2O. The summed E-state index contributed by atoms with van der Waals surface area (Å²) < 4.78 is 5.47. The molecule has 2 aliphatic heterocycles. The quantitative estimate of drug-likeness (QED) is 0.788. The van der Waals surface area contributed by atoms with Crippen LogP contribution in [0, 0.1) is 0 Å². The van der Waals surface area contributed by atoms with E-state index in [2.05, 4.69) is 16.4 Å². The van der Waals surface area contributed by atoms with Crippen molar-refractivity contribution in [3.63, 3.8) is 0 Å². The van der Waals surface area contributed by atoms with Crippen LogP contribution in [0.25, 0.3) is 0 Å². The summed E-state index contributed by atoms with van der Waals surface area (Å²) in [7, 11) is 0. The second-order valence-electron chi connectivity index (χ2n) is 6.35. The van der Waals surface area contributed by atoms with Crippen molar-refractivity contribution in [1.29, 1.82) is 0 Å². The van der Waals surface area contributed by atoms with E-state index < -0.39 is 0 Å². The van der Waals surface area contributed by atoms with Gasteiger partial charge in [0.05, 0.1) is 13.2 Å². The lowest BCUT2D eigenvalue weighted by Crippen LogP contribution is -2.39. The van der Waals surface area contributed by atoms with Gasteiger partial charge in [0.25, 0.3) is 0 Å². The highest BCUT2D eigenvalue weighted by molar-refractivity contribution is 5.36. The average molecular weight is 276 g/mol. The van der Waals surface area contributed by atoms with Crippen LogP contribution >= 0.6 is 0 Å². The van der Waals surface area contributed by atoms with E-state index in [0.29, 0.717) is 0 Å². The number of likely N-dealkylation sites (tertiary alicyclic amines) is 1. The van der Waals surface area contributed by atoms with Crippen molar-refractivity contribution in [1.82, 2.24) is 9.80 Å². The van der Waals surface area contributed by atoms with Crippen LogP contribution < -0.4 is 0 Å². The molecule has 3 heteroatoms. The minimum atomic E-state index is 0.896. The molecule has 20 heavy (non-hydrogen) atoms. The van der Waals surface area contributed by atoms with Crippen molar-refractivity contribution in [3.05, 3.63) is 23.4 Å². The third-order valence-corrected chi connectivity index (χ3v) is 4.82. The molecule has 0 radical (unpaired) electrons. The number of nitrogens with zero attached hydrogens (tertiary/aromatic N) is 2. The molecule has 3 nitrogen and oxygen atoms in total. The minimum Gasteiger partial charge on any atom is -0.379 e. The summed E-state index contributed by atoms with van der Waals surface area (Å²) in [5, 5.41) is 0. The lowest BCUT2D eigenvalue weighted by Gasteiger charge is -2.38. The van der Waals surface area contributed by atoms with Crippen molar-refractivity contribution < 1.29 is 4.74 Å². The van der Waals surface area contributed by atoms with E-state index >= 15 is 0 Å². The fourth-order valence-corrected chi connectivity index (χ4v) is 3.75. The van der Waals surface area contributed by atoms with E-state index in [1.165, 1.54) is 62.9 Å². The van der Waals surface area contributed by atoms with Crippen molar-refractivity contribution in [2.24, 2.45) is 0 Å². The number of rotatable bonds is 3. The highest BCUT2D eigenvalue weighted by atomic mass is 16.5. The molecule has 0 amide bonds. The van der Waals surface area contributed by atoms with E-state index in [0.717, 1.165) is 32.8 Å². The van der Waals surface area contributed by atoms with E-state index in [9.17, 15) is 0 Å². The van der Waals surface area contributed by atoms with Crippen LogP contribution in [0.4, 0.5) is 0 Å². The third-order valence-electron chi connectivity index (χ3n) is 4.82. The highest BCUT2D eigenvalue weighted by Gasteiger charge is 2.24. The maximum Gasteiger partial charge on any atom is 0.0594 e.